The van der Waals surface area contributed by atoms with E-state index in [0.717, 1.165) is 19.6 Å². The van der Waals surface area contributed by atoms with Crippen molar-refractivity contribution >= 4 is 0 Å². The highest BCUT2D eigenvalue weighted by atomic mass is 16.7. The molecule has 2 unspecified atom stereocenters. The van der Waals surface area contributed by atoms with Crippen LogP contribution in [0.3, 0.4) is 0 Å². The quantitative estimate of drug-likeness (QED) is 0.225. The van der Waals surface area contributed by atoms with Crippen LogP contribution in [-0.4, -0.2) is 44.9 Å². The zero-order chi connectivity index (χ0) is 16.2. The van der Waals surface area contributed by atoms with Crippen molar-refractivity contribution in [3.63, 3.8) is 0 Å². The van der Waals surface area contributed by atoms with Crippen LogP contribution in [-0.2, 0) is 18.9 Å². The van der Waals surface area contributed by atoms with Crippen LogP contribution >= 0.6 is 0 Å². The number of ether oxygens (including phenoxy) is 4. The first-order valence-corrected chi connectivity index (χ1v) is 9.85. The number of rotatable bonds is 17. The summed E-state index contributed by atoms with van der Waals surface area (Å²) in [6.45, 7) is 5.31. The molecular formula is C19H36O4. The monoisotopic (exact) mass is 328 g/mol. The molecule has 0 aromatic rings. The van der Waals surface area contributed by atoms with Crippen LogP contribution in [0.5, 0.6) is 0 Å². The van der Waals surface area contributed by atoms with Crippen molar-refractivity contribution in [1.29, 1.82) is 0 Å². The van der Waals surface area contributed by atoms with Crippen molar-refractivity contribution < 1.29 is 18.9 Å². The molecular weight excluding hydrogens is 292 g/mol. The third-order valence-corrected chi connectivity index (χ3v) is 4.53. The predicted octanol–water partition coefficient (Wildman–Crippen LogP) is 4.45. The summed E-state index contributed by atoms with van der Waals surface area (Å²) in [5.74, 6) is 0. The van der Waals surface area contributed by atoms with Crippen LogP contribution in [0.15, 0.2) is 0 Å². The standard InChI is InChI=1S/C19H36O4/c1-2-3-4-5-6-7-8-9-10-11-12-19(22-15-17-13-20-17)23-16-18-14-21-18/h17-19H,2-16H2,1H3. The molecule has 0 amide bonds. The molecule has 0 spiro atoms. The fourth-order valence-corrected chi connectivity index (χ4v) is 2.77. The lowest BCUT2D eigenvalue weighted by atomic mass is 10.1. The van der Waals surface area contributed by atoms with Gasteiger partial charge in [-0.15, -0.1) is 0 Å². The van der Waals surface area contributed by atoms with E-state index in [2.05, 4.69) is 6.92 Å². The van der Waals surface area contributed by atoms with E-state index in [1.54, 1.807) is 0 Å². The minimum absolute atomic E-state index is 0.0718. The lowest BCUT2D eigenvalue weighted by Gasteiger charge is -2.17. The topological polar surface area (TPSA) is 43.5 Å². The Morgan fingerprint density at radius 3 is 1.61 bits per heavy atom. The summed E-state index contributed by atoms with van der Waals surface area (Å²) in [5.41, 5.74) is 0. The molecule has 2 rings (SSSR count). The highest BCUT2D eigenvalue weighted by Gasteiger charge is 2.27. The van der Waals surface area contributed by atoms with Gasteiger partial charge in [0.25, 0.3) is 0 Å². The van der Waals surface area contributed by atoms with E-state index in [1.165, 1.54) is 64.2 Å². The molecule has 2 aliphatic heterocycles. The Kier molecular flexibility index (Phi) is 10.2. The van der Waals surface area contributed by atoms with E-state index in [4.69, 9.17) is 18.9 Å². The number of unbranched alkanes of at least 4 members (excludes halogenated alkanes) is 9. The van der Waals surface area contributed by atoms with E-state index in [1.807, 2.05) is 0 Å². The second-order valence-corrected chi connectivity index (χ2v) is 6.98. The first-order chi connectivity index (χ1) is 11.4. The van der Waals surface area contributed by atoms with E-state index in [0.29, 0.717) is 25.4 Å². The summed E-state index contributed by atoms with van der Waals surface area (Å²) in [6, 6.07) is 0. The summed E-state index contributed by atoms with van der Waals surface area (Å²) in [7, 11) is 0. The van der Waals surface area contributed by atoms with Gasteiger partial charge in [-0.1, -0.05) is 64.7 Å². The molecule has 0 saturated carbocycles. The highest BCUT2D eigenvalue weighted by Crippen LogP contribution is 2.17. The molecule has 136 valence electrons. The van der Waals surface area contributed by atoms with Crippen LogP contribution in [0.1, 0.15) is 77.6 Å². The van der Waals surface area contributed by atoms with Gasteiger partial charge in [-0.3, -0.25) is 0 Å². The van der Waals surface area contributed by atoms with Gasteiger partial charge in [-0.25, -0.2) is 0 Å². The van der Waals surface area contributed by atoms with Gasteiger partial charge in [0.05, 0.1) is 26.4 Å². The molecule has 0 bridgehead atoms. The first kappa shape index (κ1) is 19.2. The van der Waals surface area contributed by atoms with E-state index < -0.39 is 0 Å². The molecule has 0 N–H and O–H groups in total. The van der Waals surface area contributed by atoms with Crippen molar-refractivity contribution in [2.24, 2.45) is 0 Å². The van der Waals surface area contributed by atoms with Gasteiger partial charge in [0.15, 0.2) is 6.29 Å². The summed E-state index contributed by atoms with van der Waals surface area (Å²) < 4.78 is 22.0. The number of hydrogen-bond donors (Lipinski definition) is 0. The van der Waals surface area contributed by atoms with Gasteiger partial charge < -0.3 is 18.9 Å². The normalized spacial score (nSPS) is 23.9. The van der Waals surface area contributed by atoms with Crippen molar-refractivity contribution in [2.45, 2.75) is 96.1 Å². The molecule has 0 radical (unpaired) electrons. The molecule has 4 heteroatoms. The van der Waals surface area contributed by atoms with E-state index in [-0.39, 0.29) is 6.29 Å². The Labute approximate surface area is 142 Å². The predicted molar refractivity (Wildman–Crippen MR) is 91.6 cm³/mol. The average Bonchev–Trinajstić information content (AvgIpc) is 3.45. The molecule has 0 aliphatic carbocycles. The lowest BCUT2D eigenvalue weighted by Crippen LogP contribution is -2.22. The van der Waals surface area contributed by atoms with Gasteiger partial charge >= 0.3 is 0 Å². The average molecular weight is 328 g/mol. The summed E-state index contributed by atoms with van der Waals surface area (Å²) in [5, 5.41) is 0. The molecule has 2 atom stereocenters. The maximum Gasteiger partial charge on any atom is 0.157 e. The molecule has 0 aromatic heterocycles. The number of epoxide rings is 2. The smallest absolute Gasteiger partial charge is 0.157 e. The van der Waals surface area contributed by atoms with Crippen LogP contribution in [0.25, 0.3) is 0 Å². The Bertz CT molecular complexity index is 261. The SMILES string of the molecule is CCCCCCCCCCCCC(OCC1CO1)OCC1CO1. The minimum atomic E-state index is -0.0718. The Morgan fingerprint density at radius 2 is 1.17 bits per heavy atom. The number of hydrogen-bond acceptors (Lipinski definition) is 4. The third-order valence-electron chi connectivity index (χ3n) is 4.53. The summed E-state index contributed by atoms with van der Waals surface area (Å²) >= 11 is 0. The van der Waals surface area contributed by atoms with Crippen LogP contribution in [0.4, 0.5) is 0 Å². The second-order valence-electron chi connectivity index (χ2n) is 6.98. The van der Waals surface area contributed by atoms with Crippen LogP contribution in [0.2, 0.25) is 0 Å². The summed E-state index contributed by atoms with van der Waals surface area (Å²) in [6.07, 6.45) is 15.1. The maximum atomic E-state index is 5.82. The fourth-order valence-electron chi connectivity index (χ4n) is 2.77. The third kappa shape index (κ3) is 11.1. The largest absolute Gasteiger partial charge is 0.371 e. The first-order valence-electron chi connectivity index (χ1n) is 9.85. The van der Waals surface area contributed by atoms with Gasteiger partial charge in [0.2, 0.25) is 0 Å². The van der Waals surface area contributed by atoms with E-state index >= 15 is 0 Å². The summed E-state index contributed by atoms with van der Waals surface area (Å²) in [4.78, 5) is 0. The van der Waals surface area contributed by atoms with Gasteiger partial charge in [-0.05, 0) is 12.8 Å². The molecule has 2 aliphatic rings. The molecule has 2 saturated heterocycles. The Balaban J connectivity index is 1.39. The second kappa shape index (κ2) is 12.2. The zero-order valence-corrected chi connectivity index (χ0v) is 15.0. The fraction of sp³-hybridized carbons (Fsp3) is 1.00. The van der Waals surface area contributed by atoms with Gasteiger partial charge in [0.1, 0.15) is 12.2 Å². The molecule has 2 heterocycles. The van der Waals surface area contributed by atoms with Crippen molar-refractivity contribution in [2.75, 3.05) is 26.4 Å². The minimum Gasteiger partial charge on any atom is -0.371 e. The Hall–Kier alpha value is -0.160. The highest BCUT2D eigenvalue weighted by molar-refractivity contribution is 4.70. The lowest BCUT2D eigenvalue weighted by molar-refractivity contribution is -0.151. The van der Waals surface area contributed by atoms with Crippen LogP contribution in [0, 0.1) is 0 Å². The van der Waals surface area contributed by atoms with Crippen molar-refractivity contribution in [1.82, 2.24) is 0 Å². The van der Waals surface area contributed by atoms with E-state index in [9.17, 15) is 0 Å². The van der Waals surface area contributed by atoms with Crippen molar-refractivity contribution in [3.05, 3.63) is 0 Å². The molecule has 2 fully saturated rings. The Morgan fingerprint density at radius 1 is 0.739 bits per heavy atom. The molecule has 0 aromatic carbocycles. The van der Waals surface area contributed by atoms with Gasteiger partial charge in [0, 0.05) is 0 Å². The van der Waals surface area contributed by atoms with Gasteiger partial charge in [-0.2, -0.15) is 0 Å². The van der Waals surface area contributed by atoms with Crippen LogP contribution < -0.4 is 0 Å². The van der Waals surface area contributed by atoms with Crippen molar-refractivity contribution in [3.8, 4) is 0 Å². The zero-order valence-electron chi connectivity index (χ0n) is 15.0. The maximum absolute atomic E-state index is 5.82. The molecule has 23 heavy (non-hydrogen) atoms. The molecule has 4 nitrogen and oxygen atoms in total.